The molecule has 30 heavy (non-hydrogen) atoms. The second-order valence-corrected chi connectivity index (χ2v) is 6.89. The van der Waals surface area contributed by atoms with Crippen molar-refractivity contribution in [3.63, 3.8) is 0 Å². The molecule has 3 aromatic rings. The zero-order valence-electron chi connectivity index (χ0n) is 16.6. The molecular formula is C21H22N6O3. The molecular weight excluding hydrogens is 384 g/mol. The molecule has 1 aliphatic rings. The Morgan fingerprint density at radius 1 is 1.00 bits per heavy atom. The third-order valence-electron chi connectivity index (χ3n) is 5.06. The maximum absolute atomic E-state index is 12.5. The highest BCUT2D eigenvalue weighted by Gasteiger charge is 2.22. The molecule has 4 rings (SSSR count). The Labute approximate surface area is 173 Å². The van der Waals surface area contributed by atoms with Crippen molar-refractivity contribution >= 4 is 11.7 Å². The number of nitrogens with zero attached hydrogens (tertiary/aromatic N) is 6. The molecule has 154 valence electrons. The monoisotopic (exact) mass is 406 g/mol. The molecule has 1 aromatic carbocycles. The maximum Gasteiger partial charge on any atom is 0.267 e. The Balaban J connectivity index is 1.35. The molecule has 0 radical (unpaired) electrons. The predicted octanol–water partition coefficient (Wildman–Crippen LogP) is 1.06. The van der Waals surface area contributed by atoms with Crippen LogP contribution in [0.25, 0.3) is 11.3 Å². The number of piperazine rings is 1. The normalized spacial score (nSPS) is 13.9. The number of ether oxygens (including phenoxy) is 1. The summed E-state index contributed by atoms with van der Waals surface area (Å²) in [5.41, 5.74) is 1.47. The van der Waals surface area contributed by atoms with Crippen LogP contribution in [0.4, 0.5) is 5.82 Å². The molecule has 9 heteroatoms. The molecule has 1 amide bonds. The predicted molar refractivity (Wildman–Crippen MR) is 111 cm³/mol. The third-order valence-corrected chi connectivity index (χ3v) is 5.06. The molecule has 9 nitrogen and oxygen atoms in total. The first-order valence-electron chi connectivity index (χ1n) is 9.67. The Kier molecular flexibility index (Phi) is 5.69. The second kappa shape index (κ2) is 8.73. The number of hydrogen-bond donors (Lipinski definition) is 0. The lowest BCUT2D eigenvalue weighted by molar-refractivity contribution is -0.132. The van der Waals surface area contributed by atoms with Gasteiger partial charge in [0.1, 0.15) is 12.3 Å². The Morgan fingerprint density at radius 2 is 1.77 bits per heavy atom. The summed E-state index contributed by atoms with van der Waals surface area (Å²) >= 11 is 0. The fourth-order valence-corrected chi connectivity index (χ4v) is 3.33. The SMILES string of the molecule is COc1ccc(-c2ccc(N3CCN(C(=O)Cn4ncccc4=O)CC3)nn2)cc1. The molecule has 2 aromatic heterocycles. The van der Waals surface area contributed by atoms with E-state index in [1.807, 2.05) is 36.4 Å². The van der Waals surface area contributed by atoms with Crippen LogP contribution in [0.2, 0.25) is 0 Å². The van der Waals surface area contributed by atoms with Gasteiger partial charge in [0.15, 0.2) is 5.82 Å². The highest BCUT2D eigenvalue weighted by molar-refractivity contribution is 5.76. The molecule has 3 heterocycles. The molecule has 0 saturated carbocycles. The number of hydrogen-bond acceptors (Lipinski definition) is 7. The van der Waals surface area contributed by atoms with Crippen LogP contribution in [0.3, 0.4) is 0 Å². The van der Waals surface area contributed by atoms with E-state index in [1.165, 1.54) is 16.9 Å². The molecule has 0 spiro atoms. The molecule has 0 atom stereocenters. The van der Waals surface area contributed by atoms with E-state index in [1.54, 1.807) is 18.1 Å². The fourth-order valence-electron chi connectivity index (χ4n) is 3.33. The number of anilines is 1. The number of rotatable bonds is 5. The average Bonchev–Trinajstić information content (AvgIpc) is 2.81. The minimum Gasteiger partial charge on any atom is -0.497 e. The van der Waals surface area contributed by atoms with Gasteiger partial charge < -0.3 is 14.5 Å². The largest absolute Gasteiger partial charge is 0.497 e. The summed E-state index contributed by atoms with van der Waals surface area (Å²) in [6.45, 7) is 2.37. The van der Waals surface area contributed by atoms with E-state index in [2.05, 4.69) is 20.2 Å². The third kappa shape index (κ3) is 4.29. The minimum atomic E-state index is -0.281. The van der Waals surface area contributed by atoms with Crippen LogP contribution < -0.4 is 15.2 Å². The van der Waals surface area contributed by atoms with Crippen molar-refractivity contribution in [3.8, 4) is 17.0 Å². The average molecular weight is 406 g/mol. The van der Waals surface area contributed by atoms with Gasteiger partial charge in [0.2, 0.25) is 5.91 Å². The van der Waals surface area contributed by atoms with E-state index in [0.29, 0.717) is 26.2 Å². The van der Waals surface area contributed by atoms with Gasteiger partial charge in [0.25, 0.3) is 5.56 Å². The zero-order valence-corrected chi connectivity index (χ0v) is 16.6. The highest BCUT2D eigenvalue weighted by atomic mass is 16.5. The fraction of sp³-hybridized carbons (Fsp3) is 0.286. The Morgan fingerprint density at radius 3 is 2.40 bits per heavy atom. The van der Waals surface area contributed by atoms with Gasteiger partial charge in [0.05, 0.1) is 12.8 Å². The summed E-state index contributed by atoms with van der Waals surface area (Å²) in [6.07, 6.45) is 1.50. The molecule has 0 unspecified atom stereocenters. The number of carbonyl (C=O) groups excluding carboxylic acids is 1. The van der Waals surface area contributed by atoms with Crippen molar-refractivity contribution in [2.24, 2.45) is 0 Å². The van der Waals surface area contributed by atoms with Crippen LogP contribution in [0, 0.1) is 0 Å². The number of aromatic nitrogens is 4. The van der Waals surface area contributed by atoms with Crippen molar-refractivity contribution in [1.29, 1.82) is 0 Å². The molecule has 0 bridgehead atoms. The number of carbonyl (C=O) groups is 1. The lowest BCUT2D eigenvalue weighted by atomic mass is 10.1. The van der Waals surface area contributed by atoms with Crippen LogP contribution in [0.1, 0.15) is 0 Å². The Hall–Kier alpha value is -3.75. The van der Waals surface area contributed by atoms with Crippen LogP contribution in [0.5, 0.6) is 5.75 Å². The van der Waals surface area contributed by atoms with E-state index < -0.39 is 0 Å². The summed E-state index contributed by atoms with van der Waals surface area (Å²) in [5.74, 6) is 1.46. The van der Waals surface area contributed by atoms with E-state index in [-0.39, 0.29) is 18.0 Å². The smallest absolute Gasteiger partial charge is 0.267 e. The van der Waals surface area contributed by atoms with Crippen molar-refractivity contribution in [3.05, 3.63) is 65.1 Å². The minimum absolute atomic E-state index is 0.0456. The molecule has 1 fully saturated rings. The standard InChI is InChI=1S/C21H22N6O3/c1-30-17-6-4-16(5-7-17)18-8-9-19(24-23-18)25-11-13-26(14-12-25)21(29)15-27-20(28)3-2-10-22-27/h2-10H,11-15H2,1H3. The van der Waals surface area contributed by atoms with Crippen LogP contribution >= 0.6 is 0 Å². The van der Waals surface area contributed by atoms with Crippen LogP contribution in [0.15, 0.2) is 59.5 Å². The number of benzene rings is 1. The van der Waals surface area contributed by atoms with Gasteiger partial charge in [-0.05, 0) is 42.5 Å². The summed E-state index contributed by atoms with van der Waals surface area (Å²) in [6, 6.07) is 14.5. The molecule has 0 aliphatic carbocycles. The van der Waals surface area contributed by atoms with Crippen LogP contribution in [-0.2, 0) is 11.3 Å². The quantitative estimate of drug-likeness (QED) is 0.625. The van der Waals surface area contributed by atoms with Crippen LogP contribution in [-0.4, -0.2) is 64.1 Å². The molecule has 0 N–H and O–H groups in total. The first kappa shape index (κ1) is 19.6. The van der Waals surface area contributed by atoms with Gasteiger partial charge in [-0.15, -0.1) is 10.2 Å². The van der Waals surface area contributed by atoms with Gasteiger partial charge in [-0.1, -0.05) is 0 Å². The summed E-state index contributed by atoms with van der Waals surface area (Å²) in [4.78, 5) is 28.1. The van der Waals surface area contributed by atoms with E-state index >= 15 is 0 Å². The van der Waals surface area contributed by atoms with Gasteiger partial charge in [0, 0.05) is 44.0 Å². The zero-order chi connectivity index (χ0) is 20.9. The van der Waals surface area contributed by atoms with Crippen molar-refractivity contribution in [1.82, 2.24) is 24.9 Å². The number of methoxy groups -OCH3 is 1. The van der Waals surface area contributed by atoms with Gasteiger partial charge in [-0.25, -0.2) is 4.68 Å². The molecule has 1 saturated heterocycles. The summed E-state index contributed by atoms with van der Waals surface area (Å²) in [5, 5.41) is 12.6. The molecule has 1 aliphatic heterocycles. The van der Waals surface area contributed by atoms with Crippen molar-refractivity contribution in [2.45, 2.75) is 6.54 Å². The lowest BCUT2D eigenvalue weighted by Crippen LogP contribution is -2.50. The van der Waals surface area contributed by atoms with E-state index in [0.717, 1.165) is 22.8 Å². The maximum atomic E-state index is 12.5. The topological polar surface area (TPSA) is 93.5 Å². The van der Waals surface area contributed by atoms with Gasteiger partial charge in [-0.2, -0.15) is 5.10 Å². The number of amides is 1. The summed E-state index contributed by atoms with van der Waals surface area (Å²) in [7, 11) is 1.63. The van der Waals surface area contributed by atoms with Crippen molar-refractivity contribution in [2.75, 3.05) is 38.2 Å². The first-order valence-corrected chi connectivity index (χ1v) is 9.67. The highest BCUT2D eigenvalue weighted by Crippen LogP contribution is 2.22. The first-order chi connectivity index (χ1) is 14.6. The van der Waals surface area contributed by atoms with Gasteiger partial charge >= 0.3 is 0 Å². The van der Waals surface area contributed by atoms with Gasteiger partial charge in [-0.3, -0.25) is 9.59 Å². The lowest BCUT2D eigenvalue weighted by Gasteiger charge is -2.35. The van der Waals surface area contributed by atoms with E-state index in [4.69, 9.17) is 4.74 Å². The van der Waals surface area contributed by atoms with Crippen molar-refractivity contribution < 1.29 is 9.53 Å². The van der Waals surface area contributed by atoms with E-state index in [9.17, 15) is 9.59 Å². The summed E-state index contributed by atoms with van der Waals surface area (Å²) < 4.78 is 6.36. The second-order valence-electron chi connectivity index (χ2n) is 6.89. The Bertz CT molecular complexity index is 1060.